The molecule has 0 bridgehead atoms. The molecular formula is C20H26O10S2. The molecule has 32 heavy (non-hydrogen) atoms. The van der Waals surface area contributed by atoms with Crippen molar-refractivity contribution in [1.29, 1.82) is 0 Å². The van der Waals surface area contributed by atoms with E-state index < -0.39 is 66.5 Å². The normalized spacial score (nSPS) is 11.6. The third-order valence-electron chi connectivity index (χ3n) is 4.05. The largest absolute Gasteiger partial charge is 0.465 e. The summed E-state index contributed by atoms with van der Waals surface area (Å²) in [5.41, 5.74) is 0.385. The third kappa shape index (κ3) is 11.0. The first-order valence-electron chi connectivity index (χ1n) is 9.45. The Morgan fingerprint density at radius 3 is 1.69 bits per heavy atom. The first-order chi connectivity index (χ1) is 14.8. The summed E-state index contributed by atoms with van der Waals surface area (Å²) in [6.45, 7) is 4.88. The van der Waals surface area contributed by atoms with E-state index in [0.29, 0.717) is 5.56 Å². The van der Waals surface area contributed by atoms with Gasteiger partial charge in [0, 0.05) is 25.8 Å². The van der Waals surface area contributed by atoms with E-state index >= 15 is 0 Å². The molecule has 0 spiro atoms. The van der Waals surface area contributed by atoms with Crippen molar-refractivity contribution >= 4 is 37.6 Å². The average Bonchev–Trinajstić information content (AvgIpc) is 2.66. The predicted molar refractivity (Wildman–Crippen MR) is 116 cm³/mol. The number of carbonyl (C=O) groups is 3. The summed E-state index contributed by atoms with van der Waals surface area (Å²) >= 11 is 0. The highest BCUT2D eigenvalue weighted by Crippen LogP contribution is 2.24. The maximum Gasteiger partial charge on any atom is 0.335 e. The topological polar surface area (TPSA) is 147 Å². The van der Waals surface area contributed by atoms with Crippen LogP contribution in [0.3, 0.4) is 0 Å². The molecule has 12 heteroatoms. The molecule has 0 aliphatic heterocycles. The van der Waals surface area contributed by atoms with Crippen LogP contribution >= 0.6 is 0 Å². The zero-order valence-electron chi connectivity index (χ0n) is 17.8. The summed E-state index contributed by atoms with van der Waals surface area (Å²) in [6, 6.07) is 5.72. The van der Waals surface area contributed by atoms with Crippen LogP contribution in [-0.2, 0) is 43.5 Å². The van der Waals surface area contributed by atoms with E-state index in [9.17, 15) is 31.2 Å². The van der Waals surface area contributed by atoms with Gasteiger partial charge in [0.05, 0.1) is 23.0 Å². The Bertz CT molecular complexity index is 973. The Kier molecular flexibility index (Phi) is 10.5. The second kappa shape index (κ2) is 12.3. The summed E-state index contributed by atoms with van der Waals surface area (Å²) in [4.78, 5) is 33.0. The van der Waals surface area contributed by atoms with Crippen molar-refractivity contribution in [2.75, 3.05) is 36.2 Å². The number of sulfone groups is 2. The standard InChI is InChI=1S/C20H26O10S2/c1-4-20(23)30-19-7-5-17(6-8-19)18(13-31(24,25)11-9-28-15(2)21)14-32(26,27)12-10-29-16(3)22/h4-8,18H,1,9-14H2,2-3H3. The highest BCUT2D eigenvalue weighted by atomic mass is 32.2. The van der Waals surface area contributed by atoms with E-state index in [1.807, 2.05) is 0 Å². The molecule has 10 nitrogen and oxygen atoms in total. The number of esters is 3. The summed E-state index contributed by atoms with van der Waals surface area (Å²) in [6.07, 6.45) is 0.974. The highest BCUT2D eigenvalue weighted by Gasteiger charge is 2.27. The Morgan fingerprint density at radius 2 is 1.31 bits per heavy atom. The number of carbonyl (C=O) groups excluding carboxylic acids is 3. The molecule has 0 unspecified atom stereocenters. The lowest BCUT2D eigenvalue weighted by atomic mass is 10.0. The van der Waals surface area contributed by atoms with E-state index in [4.69, 9.17) is 4.74 Å². The summed E-state index contributed by atoms with van der Waals surface area (Å²) in [5.74, 6) is -4.70. The van der Waals surface area contributed by atoms with Crippen LogP contribution in [0.5, 0.6) is 5.75 Å². The molecule has 0 aliphatic rings. The fraction of sp³-hybridized carbons (Fsp3) is 0.450. The lowest BCUT2D eigenvalue weighted by Gasteiger charge is -2.18. The SMILES string of the molecule is C=CC(=O)Oc1ccc(C(CS(=O)(=O)CCOC(C)=O)CS(=O)(=O)CCOC(C)=O)cc1. The lowest BCUT2D eigenvalue weighted by Crippen LogP contribution is -2.27. The minimum atomic E-state index is -3.79. The quantitative estimate of drug-likeness (QED) is 0.221. The molecule has 0 heterocycles. The van der Waals surface area contributed by atoms with Crippen LogP contribution in [0.25, 0.3) is 0 Å². The van der Waals surface area contributed by atoms with Crippen molar-refractivity contribution in [2.45, 2.75) is 19.8 Å². The van der Waals surface area contributed by atoms with Crippen molar-refractivity contribution in [3.63, 3.8) is 0 Å². The van der Waals surface area contributed by atoms with Crippen molar-refractivity contribution in [3.8, 4) is 5.75 Å². The fourth-order valence-corrected chi connectivity index (χ4v) is 5.61. The van der Waals surface area contributed by atoms with Gasteiger partial charge in [-0.2, -0.15) is 0 Å². The van der Waals surface area contributed by atoms with Crippen molar-refractivity contribution in [3.05, 3.63) is 42.5 Å². The van der Waals surface area contributed by atoms with Gasteiger partial charge in [-0.3, -0.25) is 9.59 Å². The van der Waals surface area contributed by atoms with Crippen LogP contribution in [0.15, 0.2) is 36.9 Å². The molecule has 0 aromatic heterocycles. The van der Waals surface area contributed by atoms with Crippen LogP contribution in [0.1, 0.15) is 25.3 Å². The number of benzene rings is 1. The Hall–Kier alpha value is -2.73. The highest BCUT2D eigenvalue weighted by molar-refractivity contribution is 7.92. The molecule has 0 fully saturated rings. The number of rotatable bonds is 13. The maximum atomic E-state index is 12.5. The Balaban J connectivity index is 3.06. The zero-order chi connectivity index (χ0) is 24.4. The van der Waals surface area contributed by atoms with Gasteiger partial charge in [0.15, 0.2) is 19.7 Å². The first kappa shape index (κ1) is 27.3. The zero-order valence-corrected chi connectivity index (χ0v) is 19.4. The Morgan fingerprint density at radius 1 is 0.875 bits per heavy atom. The summed E-state index contributed by atoms with van der Waals surface area (Å²) in [5, 5.41) is 0. The molecule has 0 radical (unpaired) electrons. The smallest absolute Gasteiger partial charge is 0.335 e. The van der Waals surface area contributed by atoms with Gasteiger partial charge >= 0.3 is 17.9 Å². The van der Waals surface area contributed by atoms with Crippen molar-refractivity contribution in [1.82, 2.24) is 0 Å². The molecule has 0 N–H and O–H groups in total. The van der Waals surface area contributed by atoms with Gasteiger partial charge in [-0.15, -0.1) is 0 Å². The number of hydrogen-bond donors (Lipinski definition) is 0. The van der Waals surface area contributed by atoms with Crippen LogP contribution in [-0.4, -0.2) is 71.0 Å². The van der Waals surface area contributed by atoms with Gasteiger partial charge < -0.3 is 14.2 Å². The van der Waals surface area contributed by atoms with Crippen LogP contribution in [0, 0.1) is 0 Å². The maximum absolute atomic E-state index is 12.5. The average molecular weight is 491 g/mol. The molecular weight excluding hydrogens is 464 g/mol. The predicted octanol–water partition coefficient (Wildman–Crippen LogP) is 0.817. The second-order valence-electron chi connectivity index (χ2n) is 6.80. The van der Waals surface area contributed by atoms with E-state index in [1.165, 1.54) is 24.3 Å². The number of hydrogen-bond acceptors (Lipinski definition) is 10. The van der Waals surface area contributed by atoms with Gasteiger partial charge in [-0.25, -0.2) is 21.6 Å². The lowest BCUT2D eigenvalue weighted by molar-refractivity contribution is -0.141. The van der Waals surface area contributed by atoms with Crippen LogP contribution in [0.4, 0.5) is 0 Å². The summed E-state index contributed by atoms with van der Waals surface area (Å²) in [7, 11) is -7.58. The van der Waals surface area contributed by atoms with E-state index in [1.54, 1.807) is 0 Å². The molecule has 1 aromatic carbocycles. The molecule has 0 amide bonds. The first-order valence-corrected chi connectivity index (χ1v) is 13.1. The molecule has 178 valence electrons. The van der Waals surface area contributed by atoms with Gasteiger partial charge in [0.25, 0.3) is 0 Å². The molecule has 0 saturated carbocycles. The second-order valence-corrected chi connectivity index (χ2v) is 11.3. The van der Waals surface area contributed by atoms with Crippen LogP contribution < -0.4 is 4.74 Å². The number of ether oxygens (including phenoxy) is 3. The van der Waals surface area contributed by atoms with Crippen molar-refractivity contribution < 1.29 is 45.4 Å². The molecule has 1 aromatic rings. The minimum absolute atomic E-state index is 0.174. The van der Waals surface area contributed by atoms with E-state index in [0.717, 1.165) is 19.9 Å². The van der Waals surface area contributed by atoms with Gasteiger partial charge in [-0.05, 0) is 17.7 Å². The molecule has 0 atom stereocenters. The van der Waals surface area contributed by atoms with E-state index in [2.05, 4.69) is 16.1 Å². The van der Waals surface area contributed by atoms with Crippen LogP contribution in [0.2, 0.25) is 0 Å². The summed E-state index contributed by atoms with van der Waals surface area (Å²) < 4.78 is 64.3. The molecule has 0 aliphatic carbocycles. The van der Waals surface area contributed by atoms with Gasteiger partial charge in [0.2, 0.25) is 0 Å². The molecule has 0 saturated heterocycles. The van der Waals surface area contributed by atoms with Crippen molar-refractivity contribution in [2.24, 2.45) is 0 Å². The van der Waals surface area contributed by atoms with E-state index in [-0.39, 0.29) is 19.0 Å². The van der Waals surface area contributed by atoms with Gasteiger partial charge in [0.1, 0.15) is 19.0 Å². The molecule has 1 rings (SSSR count). The monoisotopic (exact) mass is 490 g/mol. The fourth-order valence-electron chi connectivity index (χ4n) is 2.61. The van der Waals surface area contributed by atoms with Gasteiger partial charge in [-0.1, -0.05) is 18.7 Å². The minimum Gasteiger partial charge on any atom is -0.465 e. The third-order valence-corrected chi connectivity index (χ3v) is 7.44. The Labute approximate surface area is 187 Å².